The molecule has 3 heteroatoms. The number of nitrogens with one attached hydrogen (secondary N) is 1. The molecule has 3 nitrogen and oxygen atoms in total. The highest BCUT2D eigenvalue weighted by Gasteiger charge is 2.19. The molecule has 1 aliphatic heterocycles. The van der Waals surface area contributed by atoms with Gasteiger partial charge in [0, 0.05) is 6.54 Å². The number of phenols is 1. The smallest absolute Gasteiger partial charge is 0.132 e. The first-order valence-corrected chi connectivity index (χ1v) is 6.96. The maximum absolute atomic E-state index is 9.97. The first-order valence-electron chi connectivity index (χ1n) is 6.96. The third-order valence-corrected chi connectivity index (χ3v) is 4.03. The number of rotatable bonds is 2. The molecule has 0 amide bonds. The quantitative estimate of drug-likeness (QED) is 0.840. The molecule has 1 aromatic rings. The van der Waals surface area contributed by atoms with Gasteiger partial charge in [0.05, 0.1) is 12.1 Å². The van der Waals surface area contributed by atoms with Crippen LogP contribution in [0.15, 0.2) is 23.2 Å². The Morgan fingerprint density at radius 2 is 2.00 bits per heavy atom. The molecule has 0 atom stereocenters. The minimum absolute atomic E-state index is 0.336. The molecule has 3 rings (SSSR count). The summed E-state index contributed by atoms with van der Waals surface area (Å²) in [6.07, 6.45) is 6.60. The van der Waals surface area contributed by atoms with E-state index >= 15 is 0 Å². The zero-order chi connectivity index (χ0) is 12.4. The van der Waals surface area contributed by atoms with Crippen LogP contribution in [0.2, 0.25) is 0 Å². The molecule has 1 aliphatic carbocycles. The first kappa shape index (κ1) is 11.6. The van der Waals surface area contributed by atoms with Gasteiger partial charge >= 0.3 is 0 Å². The van der Waals surface area contributed by atoms with Crippen molar-refractivity contribution in [3.63, 3.8) is 0 Å². The topological polar surface area (TPSA) is 44.6 Å². The second-order valence-corrected chi connectivity index (χ2v) is 5.27. The van der Waals surface area contributed by atoms with E-state index in [4.69, 9.17) is 0 Å². The molecule has 2 N–H and O–H groups in total. The highest BCUT2D eigenvalue weighted by Crippen LogP contribution is 2.34. The Bertz CT molecular complexity index is 462. The molecule has 96 valence electrons. The molecule has 1 aromatic carbocycles. The van der Waals surface area contributed by atoms with E-state index in [1.54, 1.807) is 0 Å². The average Bonchev–Trinajstić information content (AvgIpc) is 2.94. The molecule has 1 fully saturated rings. The zero-order valence-corrected chi connectivity index (χ0v) is 10.7. The summed E-state index contributed by atoms with van der Waals surface area (Å²) in [5.74, 6) is 1.85. The number of aliphatic imine (C=N–C) groups is 1. The van der Waals surface area contributed by atoms with E-state index in [0.29, 0.717) is 11.7 Å². The van der Waals surface area contributed by atoms with Crippen LogP contribution in [0, 0.1) is 0 Å². The summed E-state index contributed by atoms with van der Waals surface area (Å²) >= 11 is 0. The van der Waals surface area contributed by atoms with Gasteiger partial charge in [-0.05, 0) is 36.5 Å². The third kappa shape index (κ3) is 2.22. The number of hydrogen-bond acceptors (Lipinski definition) is 3. The van der Waals surface area contributed by atoms with E-state index in [-0.39, 0.29) is 0 Å². The lowest BCUT2D eigenvalue weighted by molar-refractivity contribution is 0.441. The summed E-state index contributed by atoms with van der Waals surface area (Å²) in [6.45, 7) is 1.69. The fourth-order valence-electron chi connectivity index (χ4n) is 3.01. The lowest BCUT2D eigenvalue weighted by Crippen LogP contribution is -2.20. The zero-order valence-electron chi connectivity index (χ0n) is 10.7. The van der Waals surface area contributed by atoms with Crippen LogP contribution in [0.1, 0.15) is 49.1 Å². The Balaban J connectivity index is 1.89. The van der Waals surface area contributed by atoms with Gasteiger partial charge in [-0.3, -0.25) is 4.99 Å². The van der Waals surface area contributed by atoms with Crippen LogP contribution in [-0.4, -0.2) is 24.0 Å². The minimum Gasteiger partial charge on any atom is -0.507 e. The lowest BCUT2D eigenvalue weighted by Gasteiger charge is -2.22. The summed E-state index contributed by atoms with van der Waals surface area (Å²) < 4.78 is 0. The third-order valence-electron chi connectivity index (χ3n) is 4.03. The van der Waals surface area contributed by atoms with Gasteiger partial charge in [-0.1, -0.05) is 25.3 Å². The van der Waals surface area contributed by atoms with Crippen LogP contribution < -0.4 is 5.32 Å². The molecule has 18 heavy (non-hydrogen) atoms. The van der Waals surface area contributed by atoms with Gasteiger partial charge in [-0.25, -0.2) is 0 Å². The van der Waals surface area contributed by atoms with Crippen molar-refractivity contribution in [3.05, 3.63) is 29.3 Å². The van der Waals surface area contributed by atoms with Crippen molar-refractivity contribution >= 4 is 5.84 Å². The second kappa shape index (κ2) is 5.01. The molecule has 1 saturated carbocycles. The minimum atomic E-state index is 0.336. The Labute approximate surface area is 108 Å². The first-order chi connectivity index (χ1) is 8.84. The van der Waals surface area contributed by atoms with Crippen molar-refractivity contribution < 1.29 is 5.11 Å². The average molecular weight is 244 g/mol. The van der Waals surface area contributed by atoms with Crippen molar-refractivity contribution in [3.8, 4) is 5.75 Å². The van der Waals surface area contributed by atoms with Gasteiger partial charge in [0.15, 0.2) is 0 Å². The van der Waals surface area contributed by atoms with Crippen molar-refractivity contribution in [1.82, 2.24) is 5.32 Å². The predicted octanol–water partition coefficient (Wildman–Crippen LogP) is 2.79. The van der Waals surface area contributed by atoms with Crippen molar-refractivity contribution in [1.29, 1.82) is 0 Å². The molecule has 2 aliphatic rings. The predicted molar refractivity (Wildman–Crippen MR) is 73.3 cm³/mol. The number of phenolic OH excluding ortho intramolecular Hbond substituents is 1. The van der Waals surface area contributed by atoms with Crippen LogP contribution in [0.25, 0.3) is 0 Å². The van der Waals surface area contributed by atoms with Crippen LogP contribution >= 0.6 is 0 Å². The van der Waals surface area contributed by atoms with E-state index < -0.39 is 0 Å². The van der Waals surface area contributed by atoms with Crippen molar-refractivity contribution in [2.24, 2.45) is 4.99 Å². The van der Waals surface area contributed by atoms with Crippen molar-refractivity contribution in [2.75, 3.05) is 13.1 Å². The number of benzene rings is 1. The SMILES string of the molecule is Oc1ccc(C2CCCCC2)cc1C1=NCCN1. The van der Waals surface area contributed by atoms with Gasteiger partial charge in [-0.15, -0.1) is 0 Å². The van der Waals surface area contributed by atoms with E-state index in [0.717, 1.165) is 24.5 Å². The lowest BCUT2D eigenvalue weighted by atomic mass is 9.83. The summed E-state index contributed by atoms with van der Waals surface area (Å²) in [7, 11) is 0. The second-order valence-electron chi connectivity index (χ2n) is 5.27. The fraction of sp³-hybridized carbons (Fsp3) is 0.533. The maximum atomic E-state index is 9.97. The highest BCUT2D eigenvalue weighted by molar-refractivity contribution is 6.02. The maximum Gasteiger partial charge on any atom is 0.132 e. The molecule has 0 unspecified atom stereocenters. The number of amidine groups is 1. The largest absolute Gasteiger partial charge is 0.507 e. The number of aromatic hydroxyl groups is 1. The molecule has 1 heterocycles. The molecular weight excluding hydrogens is 224 g/mol. The van der Waals surface area contributed by atoms with Gasteiger partial charge in [0.2, 0.25) is 0 Å². The standard InChI is InChI=1S/C15H20N2O/c18-14-7-6-12(11-4-2-1-3-5-11)10-13(14)15-16-8-9-17-15/h6-7,10-11,18H,1-5,8-9H2,(H,16,17). The Hall–Kier alpha value is -1.51. The van der Waals surface area contributed by atoms with E-state index in [9.17, 15) is 5.11 Å². The molecule has 0 bridgehead atoms. The summed E-state index contributed by atoms with van der Waals surface area (Å²) in [5, 5.41) is 13.2. The normalized spacial score (nSPS) is 20.6. The van der Waals surface area contributed by atoms with Crippen LogP contribution in [0.3, 0.4) is 0 Å². The van der Waals surface area contributed by atoms with Crippen LogP contribution in [0.5, 0.6) is 5.75 Å². The fourth-order valence-corrected chi connectivity index (χ4v) is 3.01. The van der Waals surface area contributed by atoms with Crippen molar-refractivity contribution in [2.45, 2.75) is 38.0 Å². The Kier molecular flexibility index (Phi) is 3.22. The van der Waals surface area contributed by atoms with Crippen LogP contribution in [0.4, 0.5) is 0 Å². The van der Waals surface area contributed by atoms with Gasteiger partial charge in [0.25, 0.3) is 0 Å². The van der Waals surface area contributed by atoms with E-state index in [1.807, 2.05) is 6.07 Å². The summed E-state index contributed by atoms with van der Waals surface area (Å²) in [5.41, 5.74) is 2.23. The van der Waals surface area contributed by atoms with Gasteiger partial charge < -0.3 is 10.4 Å². The number of hydrogen-bond donors (Lipinski definition) is 2. The Morgan fingerprint density at radius 1 is 1.17 bits per heavy atom. The molecule has 0 spiro atoms. The molecule has 0 saturated heterocycles. The highest BCUT2D eigenvalue weighted by atomic mass is 16.3. The monoisotopic (exact) mass is 244 g/mol. The molecule has 0 radical (unpaired) electrons. The van der Waals surface area contributed by atoms with E-state index in [1.165, 1.54) is 37.7 Å². The van der Waals surface area contributed by atoms with E-state index in [2.05, 4.69) is 22.4 Å². The molecular formula is C15H20N2O. The van der Waals surface area contributed by atoms with Crippen LogP contribution in [-0.2, 0) is 0 Å². The summed E-state index contributed by atoms with van der Waals surface area (Å²) in [4.78, 5) is 4.40. The Morgan fingerprint density at radius 3 is 2.72 bits per heavy atom. The number of nitrogens with zero attached hydrogens (tertiary/aromatic N) is 1. The van der Waals surface area contributed by atoms with Gasteiger partial charge in [0.1, 0.15) is 11.6 Å². The van der Waals surface area contributed by atoms with Gasteiger partial charge in [-0.2, -0.15) is 0 Å². The summed E-state index contributed by atoms with van der Waals surface area (Å²) in [6, 6.07) is 6.02. The molecule has 0 aromatic heterocycles.